The van der Waals surface area contributed by atoms with Crippen molar-refractivity contribution < 1.29 is 19.0 Å². The highest BCUT2D eigenvalue weighted by Crippen LogP contribution is 2.21. The summed E-state index contributed by atoms with van der Waals surface area (Å²) in [5.74, 6) is -0.140. The molecule has 2 amide bonds. The zero-order valence-corrected chi connectivity index (χ0v) is 12.6. The summed E-state index contributed by atoms with van der Waals surface area (Å²) in [5.41, 5.74) is 0.0856. The highest BCUT2D eigenvalue weighted by molar-refractivity contribution is 5.89. The van der Waals surface area contributed by atoms with E-state index in [9.17, 15) is 9.18 Å². The van der Waals surface area contributed by atoms with E-state index in [1.54, 1.807) is 6.07 Å². The molecule has 0 radical (unpaired) electrons. The minimum Gasteiger partial charge on any atom is -0.491 e. The lowest BCUT2D eigenvalue weighted by Gasteiger charge is -2.17. The molecule has 3 N–H and O–H groups in total. The highest BCUT2D eigenvalue weighted by atomic mass is 19.1. The first-order chi connectivity index (χ1) is 9.96. The van der Waals surface area contributed by atoms with Crippen molar-refractivity contribution in [3.8, 4) is 5.75 Å². The molecule has 1 aromatic carbocycles. The minimum atomic E-state index is -0.557. The largest absolute Gasteiger partial charge is 0.491 e. The second-order valence-electron chi connectivity index (χ2n) is 5.02. The number of nitrogens with one attached hydrogen (secondary N) is 2. The highest BCUT2D eigenvalue weighted by Gasteiger charge is 2.12. The molecular weight excluding hydrogens is 275 g/mol. The fourth-order valence-corrected chi connectivity index (χ4v) is 1.82. The monoisotopic (exact) mass is 298 g/mol. The van der Waals surface area contributed by atoms with Crippen molar-refractivity contribution in [1.29, 1.82) is 0 Å². The maximum absolute atomic E-state index is 13.9. The van der Waals surface area contributed by atoms with E-state index in [-0.39, 0.29) is 24.4 Å². The van der Waals surface area contributed by atoms with Crippen molar-refractivity contribution in [3.63, 3.8) is 0 Å². The molecule has 0 aromatic heterocycles. The molecule has 1 atom stereocenters. The van der Waals surface area contributed by atoms with E-state index in [2.05, 4.69) is 10.6 Å². The van der Waals surface area contributed by atoms with Crippen LogP contribution in [0.1, 0.15) is 33.6 Å². The van der Waals surface area contributed by atoms with E-state index in [0.29, 0.717) is 18.6 Å². The number of halogens is 1. The number of carbonyl (C=O) groups is 1. The Balaban J connectivity index is 2.63. The fraction of sp³-hybridized carbons (Fsp3) is 0.533. The Kier molecular flexibility index (Phi) is 6.94. The molecule has 1 rings (SSSR count). The Labute approximate surface area is 124 Å². The van der Waals surface area contributed by atoms with Gasteiger partial charge in [-0.05, 0) is 38.8 Å². The second-order valence-corrected chi connectivity index (χ2v) is 5.02. The van der Waals surface area contributed by atoms with Gasteiger partial charge in [0.05, 0.1) is 11.8 Å². The number of amides is 2. The quantitative estimate of drug-likeness (QED) is 0.725. The molecule has 0 fully saturated rings. The Hall–Kier alpha value is -1.82. The van der Waals surface area contributed by atoms with Crippen molar-refractivity contribution in [2.24, 2.45) is 0 Å². The van der Waals surface area contributed by atoms with Crippen LogP contribution in [-0.2, 0) is 0 Å². The molecule has 0 aliphatic carbocycles. The predicted molar refractivity (Wildman–Crippen MR) is 80.1 cm³/mol. The molecule has 0 aliphatic heterocycles. The minimum absolute atomic E-state index is 0.00557. The summed E-state index contributed by atoms with van der Waals surface area (Å²) in [5, 5.41) is 14.0. The summed E-state index contributed by atoms with van der Waals surface area (Å²) in [6.07, 6.45) is 1.11. The topological polar surface area (TPSA) is 70.6 Å². The molecule has 0 saturated carbocycles. The van der Waals surface area contributed by atoms with Crippen LogP contribution in [0.15, 0.2) is 18.2 Å². The number of hydrogen-bond donors (Lipinski definition) is 3. The van der Waals surface area contributed by atoms with Crippen LogP contribution in [0.5, 0.6) is 5.75 Å². The lowest BCUT2D eigenvalue weighted by Crippen LogP contribution is -2.38. The van der Waals surface area contributed by atoms with E-state index in [1.807, 2.05) is 20.8 Å². The lowest BCUT2D eigenvalue weighted by atomic mass is 10.2. The zero-order valence-electron chi connectivity index (χ0n) is 12.6. The summed E-state index contributed by atoms with van der Waals surface area (Å²) in [4.78, 5) is 11.8. The third-order valence-corrected chi connectivity index (χ3v) is 2.87. The Morgan fingerprint density at radius 3 is 2.67 bits per heavy atom. The van der Waals surface area contributed by atoms with Gasteiger partial charge in [0.25, 0.3) is 0 Å². The van der Waals surface area contributed by atoms with Crippen molar-refractivity contribution in [2.75, 3.05) is 11.9 Å². The van der Waals surface area contributed by atoms with Crippen LogP contribution in [0.4, 0.5) is 14.9 Å². The summed E-state index contributed by atoms with van der Waals surface area (Å²) in [6.45, 7) is 5.60. The van der Waals surface area contributed by atoms with Gasteiger partial charge in [-0.3, -0.25) is 0 Å². The summed E-state index contributed by atoms with van der Waals surface area (Å²) >= 11 is 0. The maximum Gasteiger partial charge on any atom is 0.319 e. The summed E-state index contributed by atoms with van der Waals surface area (Å²) in [6, 6.07) is 3.66. The van der Waals surface area contributed by atoms with E-state index in [1.165, 1.54) is 12.1 Å². The third kappa shape index (κ3) is 5.99. The number of hydrogen-bond acceptors (Lipinski definition) is 3. The molecule has 0 saturated heterocycles. The number of rotatable bonds is 7. The van der Waals surface area contributed by atoms with Crippen LogP contribution in [0, 0.1) is 5.82 Å². The number of ether oxygens (including phenoxy) is 1. The standard InChI is InChI=1S/C15H23FN2O3/c1-4-11(7-8-19)17-15(20)18-14-6-5-12(9-13(14)16)21-10(2)3/h5-6,9-11,19H,4,7-8H2,1-3H3,(H2,17,18,20). The fourth-order valence-electron chi connectivity index (χ4n) is 1.82. The molecule has 0 bridgehead atoms. The molecule has 5 nitrogen and oxygen atoms in total. The first-order valence-electron chi connectivity index (χ1n) is 7.10. The van der Waals surface area contributed by atoms with Gasteiger partial charge in [-0.2, -0.15) is 0 Å². The zero-order chi connectivity index (χ0) is 15.8. The van der Waals surface area contributed by atoms with E-state index >= 15 is 0 Å². The number of carbonyl (C=O) groups excluding carboxylic acids is 1. The molecule has 0 spiro atoms. The van der Waals surface area contributed by atoms with E-state index in [4.69, 9.17) is 9.84 Å². The normalized spacial score (nSPS) is 12.1. The Morgan fingerprint density at radius 1 is 1.43 bits per heavy atom. The van der Waals surface area contributed by atoms with E-state index in [0.717, 1.165) is 0 Å². The number of aliphatic hydroxyl groups is 1. The smallest absolute Gasteiger partial charge is 0.319 e. The molecule has 6 heteroatoms. The molecule has 0 aliphatic rings. The predicted octanol–water partition coefficient (Wildman–Crippen LogP) is 2.90. The molecule has 118 valence electrons. The molecule has 0 heterocycles. The number of anilines is 1. The number of benzene rings is 1. The van der Waals surface area contributed by atoms with Crippen molar-refractivity contribution >= 4 is 11.7 Å². The average Bonchev–Trinajstić information content (AvgIpc) is 2.40. The van der Waals surface area contributed by atoms with Crippen molar-refractivity contribution in [3.05, 3.63) is 24.0 Å². The van der Waals surface area contributed by atoms with Crippen LogP contribution in [0.2, 0.25) is 0 Å². The van der Waals surface area contributed by atoms with Gasteiger partial charge in [-0.15, -0.1) is 0 Å². The van der Waals surface area contributed by atoms with Gasteiger partial charge in [0, 0.05) is 18.7 Å². The third-order valence-electron chi connectivity index (χ3n) is 2.87. The Bertz CT molecular complexity index is 466. The van der Waals surface area contributed by atoms with Gasteiger partial charge in [-0.25, -0.2) is 9.18 Å². The summed E-state index contributed by atoms with van der Waals surface area (Å²) in [7, 11) is 0. The summed E-state index contributed by atoms with van der Waals surface area (Å²) < 4.78 is 19.2. The van der Waals surface area contributed by atoms with Crippen LogP contribution >= 0.6 is 0 Å². The van der Waals surface area contributed by atoms with Crippen molar-refractivity contribution in [2.45, 2.75) is 45.8 Å². The second kappa shape index (κ2) is 8.46. The maximum atomic E-state index is 13.9. The van der Waals surface area contributed by atoms with Crippen LogP contribution in [0.25, 0.3) is 0 Å². The van der Waals surface area contributed by atoms with Gasteiger partial charge in [0.2, 0.25) is 0 Å². The number of aliphatic hydroxyl groups excluding tert-OH is 1. The van der Waals surface area contributed by atoms with Crippen LogP contribution < -0.4 is 15.4 Å². The van der Waals surface area contributed by atoms with Crippen molar-refractivity contribution in [1.82, 2.24) is 5.32 Å². The Morgan fingerprint density at radius 2 is 2.14 bits per heavy atom. The van der Waals surface area contributed by atoms with Gasteiger partial charge in [0.1, 0.15) is 11.6 Å². The van der Waals surface area contributed by atoms with Gasteiger partial charge in [-0.1, -0.05) is 6.92 Å². The van der Waals surface area contributed by atoms with Gasteiger partial charge in [0.15, 0.2) is 0 Å². The van der Waals surface area contributed by atoms with Crippen LogP contribution in [0.3, 0.4) is 0 Å². The first kappa shape index (κ1) is 17.2. The average molecular weight is 298 g/mol. The van der Waals surface area contributed by atoms with Gasteiger partial charge < -0.3 is 20.5 Å². The van der Waals surface area contributed by atoms with Gasteiger partial charge >= 0.3 is 6.03 Å². The van der Waals surface area contributed by atoms with Crippen LogP contribution in [-0.4, -0.2) is 29.9 Å². The SMILES string of the molecule is CCC(CCO)NC(=O)Nc1ccc(OC(C)C)cc1F. The molecule has 1 aromatic rings. The van der Waals surface area contributed by atoms with E-state index < -0.39 is 11.8 Å². The lowest BCUT2D eigenvalue weighted by molar-refractivity contribution is 0.237. The first-order valence-corrected chi connectivity index (χ1v) is 7.10. The molecule has 1 unspecified atom stereocenters. The molecular formula is C15H23FN2O3. The molecule has 21 heavy (non-hydrogen) atoms. The number of urea groups is 1.